The van der Waals surface area contributed by atoms with Crippen molar-refractivity contribution in [3.63, 3.8) is 0 Å². The van der Waals surface area contributed by atoms with Crippen molar-refractivity contribution in [3.05, 3.63) is 34.1 Å². The number of hydrogen-bond donors (Lipinski definition) is 0. The second kappa shape index (κ2) is 5.50. The monoisotopic (exact) mass is 319 g/mol. The van der Waals surface area contributed by atoms with Crippen LogP contribution in [0.15, 0.2) is 27.1 Å². The third-order valence-corrected chi connectivity index (χ3v) is 4.04. The molecule has 0 amide bonds. The van der Waals surface area contributed by atoms with Crippen LogP contribution in [0.4, 0.5) is 4.39 Å². The molecular weight excluding hydrogens is 305 g/mol. The average Bonchev–Trinajstić information content (AvgIpc) is 2.20. The fourth-order valence-electron chi connectivity index (χ4n) is 1.09. The molecule has 2 nitrogen and oxygen atoms in total. The van der Waals surface area contributed by atoms with Crippen molar-refractivity contribution in [3.8, 4) is 0 Å². The third kappa shape index (κ3) is 4.08. The van der Waals surface area contributed by atoms with Gasteiger partial charge in [0, 0.05) is 10.0 Å². The highest BCUT2D eigenvalue weighted by Gasteiger charge is 2.27. The van der Waals surface area contributed by atoms with Gasteiger partial charge in [-0.2, -0.15) is 0 Å². The second-order valence-electron chi connectivity index (χ2n) is 4.66. The Bertz CT molecular complexity index is 443. The smallest absolute Gasteiger partial charge is 0.144 e. The minimum absolute atomic E-state index is 0.361. The zero-order chi connectivity index (χ0) is 13.2. The zero-order valence-corrected chi connectivity index (χ0v) is 12.7. The number of halogens is 2. The summed E-state index contributed by atoms with van der Waals surface area (Å²) in [6, 6.07) is 4.61. The van der Waals surface area contributed by atoms with E-state index in [0.717, 1.165) is 4.47 Å². The van der Waals surface area contributed by atoms with Gasteiger partial charge in [-0.3, -0.25) is 0 Å². The normalized spacial score (nSPS) is 14.9. The fraction of sp³-hybridized carbons (Fsp3) is 0.417. The van der Waals surface area contributed by atoms with Crippen LogP contribution in [-0.2, 0) is 11.4 Å². The van der Waals surface area contributed by atoms with Crippen molar-refractivity contribution in [1.29, 1.82) is 0 Å². The van der Waals surface area contributed by atoms with Crippen LogP contribution in [0.25, 0.3) is 0 Å². The van der Waals surface area contributed by atoms with Crippen molar-refractivity contribution >= 4 is 33.0 Å². The highest BCUT2D eigenvalue weighted by atomic mass is 79.9. The highest BCUT2D eigenvalue weighted by molar-refractivity contribution is 9.10. The predicted molar refractivity (Wildman–Crippen MR) is 74.2 cm³/mol. The van der Waals surface area contributed by atoms with Gasteiger partial charge in [0.05, 0.1) is 5.71 Å². The first-order chi connectivity index (χ1) is 7.71. The summed E-state index contributed by atoms with van der Waals surface area (Å²) in [6.45, 7) is 7.15. The van der Waals surface area contributed by atoms with Gasteiger partial charge < -0.3 is 4.55 Å². The van der Waals surface area contributed by atoms with Gasteiger partial charge in [-0.05, 0) is 45.9 Å². The molecule has 0 aromatic heterocycles. The molecule has 17 heavy (non-hydrogen) atoms. The molecule has 0 saturated heterocycles. The Morgan fingerprint density at radius 2 is 2.00 bits per heavy atom. The van der Waals surface area contributed by atoms with Gasteiger partial charge in [-0.25, -0.2) is 4.39 Å². The lowest BCUT2D eigenvalue weighted by Gasteiger charge is -2.18. The largest absolute Gasteiger partial charge is 0.591 e. The standard InChI is InChI=1S/C12H15BrFNOS/c1-8(15-17(16)12(2,3)4)10-7-9(13)5-6-11(10)14/h5-7H,1-4H3/t17-/m1/s1. The first-order valence-corrected chi connectivity index (χ1v) is 7.04. The maximum Gasteiger partial charge on any atom is 0.144 e. The van der Waals surface area contributed by atoms with E-state index in [-0.39, 0.29) is 5.82 Å². The van der Waals surface area contributed by atoms with Crippen molar-refractivity contribution in [2.75, 3.05) is 0 Å². The van der Waals surface area contributed by atoms with Crippen LogP contribution in [0.1, 0.15) is 33.3 Å². The molecule has 0 unspecified atom stereocenters. The van der Waals surface area contributed by atoms with Gasteiger partial charge in [0.1, 0.15) is 21.9 Å². The molecular formula is C12H15BrFNOS. The van der Waals surface area contributed by atoms with Gasteiger partial charge in [-0.1, -0.05) is 20.3 Å². The summed E-state index contributed by atoms with van der Waals surface area (Å²) in [7, 11) is 0. The quantitative estimate of drug-likeness (QED) is 0.602. The Balaban J connectivity index is 3.08. The van der Waals surface area contributed by atoms with Crippen molar-refractivity contribution in [2.24, 2.45) is 4.40 Å². The SMILES string of the molecule is CC(=N[S@+]([O-])C(C)(C)C)c1cc(Br)ccc1F. The number of hydrogen-bond acceptors (Lipinski definition) is 2. The Morgan fingerprint density at radius 1 is 1.41 bits per heavy atom. The molecule has 0 fully saturated rings. The molecule has 0 radical (unpaired) electrons. The Labute approximate surface area is 113 Å². The molecule has 0 saturated carbocycles. The molecule has 0 spiro atoms. The van der Waals surface area contributed by atoms with E-state index < -0.39 is 16.1 Å². The topological polar surface area (TPSA) is 35.4 Å². The van der Waals surface area contributed by atoms with Crippen LogP contribution in [0, 0.1) is 5.82 Å². The molecule has 0 aliphatic carbocycles. The minimum atomic E-state index is -1.38. The van der Waals surface area contributed by atoms with E-state index in [2.05, 4.69) is 20.3 Å². The summed E-state index contributed by atoms with van der Waals surface area (Å²) < 4.78 is 29.8. The average molecular weight is 320 g/mol. The van der Waals surface area contributed by atoms with E-state index in [0.29, 0.717) is 11.3 Å². The van der Waals surface area contributed by atoms with E-state index in [1.807, 2.05) is 20.8 Å². The van der Waals surface area contributed by atoms with Crippen LogP contribution in [0.2, 0.25) is 0 Å². The summed E-state index contributed by atoms with van der Waals surface area (Å²) in [5.74, 6) is -0.361. The van der Waals surface area contributed by atoms with Crippen LogP contribution >= 0.6 is 15.9 Å². The molecule has 1 aromatic carbocycles. The van der Waals surface area contributed by atoms with Crippen LogP contribution in [0.3, 0.4) is 0 Å². The maximum atomic E-state index is 13.6. The van der Waals surface area contributed by atoms with E-state index in [9.17, 15) is 8.94 Å². The summed E-state index contributed by atoms with van der Waals surface area (Å²) in [4.78, 5) is 0. The van der Waals surface area contributed by atoms with E-state index >= 15 is 0 Å². The highest BCUT2D eigenvalue weighted by Crippen LogP contribution is 2.21. The molecule has 0 heterocycles. The van der Waals surface area contributed by atoms with Gasteiger partial charge in [0.2, 0.25) is 0 Å². The lowest BCUT2D eigenvalue weighted by atomic mass is 10.1. The van der Waals surface area contributed by atoms with Crippen molar-refractivity contribution < 1.29 is 8.94 Å². The van der Waals surface area contributed by atoms with Crippen LogP contribution in [0.5, 0.6) is 0 Å². The number of rotatable bonds is 2. The summed E-state index contributed by atoms with van der Waals surface area (Å²) >= 11 is 1.90. The predicted octanol–water partition coefficient (Wildman–Crippen LogP) is 3.86. The van der Waals surface area contributed by atoms with Crippen LogP contribution < -0.4 is 0 Å². The lowest BCUT2D eigenvalue weighted by Crippen LogP contribution is -2.26. The molecule has 0 aliphatic heterocycles. The Hall–Kier alpha value is -0.390. The third-order valence-electron chi connectivity index (χ3n) is 2.06. The molecule has 5 heteroatoms. The van der Waals surface area contributed by atoms with Gasteiger partial charge >= 0.3 is 0 Å². The molecule has 1 atom stereocenters. The second-order valence-corrected chi connectivity index (χ2v) is 7.48. The van der Waals surface area contributed by atoms with Crippen LogP contribution in [-0.4, -0.2) is 15.0 Å². The summed E-state index contributed by atoms with van der Waals surface area (Å²) in [6.07, 6.45) is 0. The molecule has 0 aliphatic rings. The Morgan fingerprint density at radius 3 is 2.53 bits per heavy atom. The van der Waals surface area contributed by atoms with E-state index in [1.54, 1.807) is 19.1 Å². The lowest BCUT2D eigenvalue weighted by molar-refractivity contribution is 0.561. The van der Waals surface area contributed by atoms with E-state index in [1.165, 1.54) is 6.07 Å². The van der Waals surface area contributed by atoms with Crippen molar-refractivity contribution in [2.45, 2.75) is 32.4 Å². The van der Waals surface area contributed by atoms with Gasteiger partial charge in [0.25, 0.3) is 0 Å². The van der Waals surface area contributed by atoms with Crippen molar-refractivity contribution in [1.82, 2.24) is 0 Å². The van der Waals surface area contributed by atoms with Gasteiger partial charge in [0.15, 0.2) is 0 Å². The molecule has 94 valence electrons. The molecule has 0 bridgehead atoms. The van der Waals surface area contributed by atoms with Gasteiger partial charge in [-0.15, -0.1) is 0 Å². The van der Waals surface area contributed by atoms with E-state index in [4.69, 9.17) is 0 Å². The molecule has 1 aromatic rings. The maximum absolute atomic E-state index is 13.6. The minimum Gasteiger partial charge on any atom is -0.591 e. The number of benzene rings is 1. The fourth-order valence-corrected chi connectivity index (χ4v) is 2.07. The first kappa shape index (κ1) is 14.7. The zero-order valence-electron chi connectivity index (χ0n) is 10.3. The molecule has 1 rings (SSSR count). The first-order valence-electron chi connectivity index (χ1n) is 5.14. The number of nitrogens with zero attached hydrogens (tertiary/aromatic N) is 1. The summed E-state index contributed by atoms with van der Waals surface area (Å²) in [5.41, 5.74) is 0.814. The summed E-state index contributed by atoms with van der Waals surface area (Å²) in [5, 5.41) is 0. The Kier molecular flexibility index (Phi) is 4.75. The molecule has 0 N–H and O–H groups in total.